The van der Waals surface area contributed by atoms with E-state index >= 15 is 0 Å². The van der Waals surface area contributed by atoms with E-state index < -0.39 is 0 Å². The maximum Gasteiger partial charge on any atom is 0.333 e. The summed E-state index contributed by atoms with van der Waals surface area (Å²) in [6.07, 6.45) is 1.73. The molecule has 19 heavy (non-hydrogen) atoms. The van der Waals surface area contributed by atoms with Crippen molar-refractivity contribution < 1.29 is 9.53 Å². The van der Waals surface area contributed by atoms with E-state index in [4.69, 9.17) is 4.74 Å². The molecule has 0 atom stereocenters. The lowest BCUT2D eigenvalue weighted by Crippen LogP contribution is -2.14. The van der Waals surface area contributed by atoms with E-state index in [1.54, 1.807) is 6.92 Å². The highest BCUT2D eigenvalue weighted by Gasteiger charge is 2.17. The number of ether oxygens (including phenoxy) is 1. The lowest BCUT2D eigenvalue weighted by molar-refractivity contribution is -0.139. The van der Waals surface area contributed by atoms with Crippen LogP contribution >= 0.6 is 0 Å². The van der Waals surface area contributed by atoms with Gasteiger partial charge < -0.3 is 4.74 Å². The van der Waals surface area contributed by atoms with E-state index in [2.05, 4.69) is 45.5 Å². The maximum atomic E-state index is 11.3. The van der Waals surface area contributed by atoms with Gasteiger partial charge in [-0.05, 0) is 42.4 Å². The van der Waals surface area contributed by atoms with Gasteiger partial charge in [-0.2, -0.15) is 0 Å². The predicted molar refractivity (Wildman–Crippen MR) is 78.1 cm³/mol. The van der Waals surface area contributed by atoms with Crippen LogP contribution in [-0.4, -0.2) is 12.6 Å². The number of hydrogen-bond acceptors (Lipinski definition) is 2. The molecule has 0 saturated heterocycles. The standard InChI is InChI=1S/C17H23O2/c1-13(2)16(18)19-12-8-10-14-9-6-7-11-15(14)17(3,4)5/h6,9,11H,1,8,10,12H2,2-5H3. The average Bonchev–Trinajstić information content (AvgIpc) is 2.33. The fraction of sp³-hybridized carbons (Fsp3) is 0.471. The molecule has 0 aliphatic rings. The Balaban J connectivity index is 2.55. The van der Waals surface area contributed by atoms with Crippen LogP contribution in [-0.2, 0) is 21.4 Å². The third-order valence-corrected chi connectivity index (χ3v) is 2.93. The Morgan fingerprint density at radius 1 is 1.42 bits per heavy atom. The van der Waals surface area contributed by atoms with Gasteiger partial charge in [-0.25, -0.2) is 4.79 Å². The number of hydrogen-bond donors (Lipinski definition) is 0. The Kier molecular flexibility index (Phi) is 5.34. The molecule has 0 unspecified atom stereocenters. The van der Waals surface area contributed by atoms with Gasteiger partial charge in [0.25, 0.3) is 0 Å². The number of rotatable bonds is 5. The van der Waals surface area contributed by atoms with Crippen LogP contribution in [0.4, 0.5) is 0 Å². The SMILES string of the molecule is C=C(C)C(=O)OCCCc1cc[c]cc1C(C)(C)C. The average molecular weight is 259 g/mol. The van der Waals surface area contributed by atoms with Gasteiger partial charge in [0.05, 0.1) is 6.61 Å². The summed E-state index contributed by atoms with van der Waals surface area (Å²) in [6, 6.07) is 9.22. The van der Waals surface area contributed by atoms with Crippen LogP contribution in [0.25, 0.3) is 0 Å². The number of carbonyl (C=O) groups excluding carboxylic acids is 1. The molecule has 1 radical (unpaired) electrons. The Morgan fingerprint density at radius 3 is 2.68 bits per heavy atom. The van der Waals surface area contributed by atoms with Crippen LogP contribution < -0.4 is 0 Å². The lowest BCUT2D eigenvalue weighted by atomic mass is 9.83. The van der Waals surface area contributed by atoms with Crippen molar-refractivity contribution in [1.29, 1.82) is 0 Å². The van der Waals surface area contributed by atoms with Crippen molar-refractivity contribution >= 4 is 5.97 Å². The summed E-state index contributed by atoms with van der Waals surface area (Å²) >= 11 is 0. The van der Waals surface area contributed by atoms with Crippen molar-refractivity contribution in [3.05, 3.63) is 47.5 Å². The van der Waals surface area contributed by atoms with Gasteiger partial charge in [0.15, 0.2) is 0 Å². The summed E-state index contributed by atoms with van der Waals surface area (Å²) < 4.78 is 5.10. The number of benzene rings is 1. The molecule has 0 bridgehead atoms. The van der Waals surface area contributed by atoms with Crippen molar-refractivity contribution in [2.75, 3.05) is 6.61 Å². The normalized spacial score (nSPS) is 11.2. The minimum Gasteiger partial charge on any atom is -0.462 e. The van der Waals surface area contributed by atoms with Crippen LogP contribution in [0.1, 0.15) is 45.2 Å². The third-order valence-electron chi connectivity index (χ3n) is 2.93. The minimum atomic E-state index is -0.308. The molecule has 2 nitrogen and oxygen atoms in total. The first kappa shape index (κ1) is 15.5. The van der Waals surface area contributed by atoms with Crippen LogP contribution in [0.2, 0.25) is 0 Å². The molecule has 0 saturated carbocycles. The highest BCUT2D eigenvalue weighted by Crippen LogP contribution is 2.26. The second kappa shape index (κ2) is 6.55. The number of aryl methyl sites for hydroxylation is 1. The maximum absolute atomic E-state index is 11.3. The molecule has 0 aromatic heterocycles. The summed E-state index contributed by atoms with van der Waals surface area (Å²) in [5.41, 5.74) is 3.17. The fourth-order valence-corrected chi connectivity index (χ4v) is 1.93. The first-order chi connectivity index (χ1) is 8.82. The van der Waals surface area contributed by atoms with Crippen LogP contribution in [0.15, 0.2) is 30.4 Å². The zero-order valence-electron chi connectivity index (χ0n) is 12.4. The molecule has 0 N–H and O–H groups in total. The van der Waals surface area contributed by atoms with Gasteiger partial charge in [0.1, 0.15) is 0 Å². The Labute approximate surface area is 116 Å². The minimum absolute atomic E-state index is 0.113. The molecule has 103 valence electrons. The quantitative estimate of drug-likeness (QED) is 0.456. The van der Waals surface area contributed by atoms with Gasteiger partial charge in [0.2, 0.25) is 0 Å². The van der Waals surface area contributed by atoms with Gasteiger partial charge in [-0.3, -0.25) is 0 Å². The molecular weight excluding hydrogens is 236 g/mol. The van der Waals surface area contributed by atoms with Gasteiger partial charge in [-0.15, -0.1) is 0 Å². The lowest BCUT2D eigenvalue weighted by Gasteiger charge is -2.22. The van der Waals surface area contributed by atoms with Crippen LogP contribution in [0.3, 0.4) is 0 Å². The van der Waals surface area contributed by atoms with Crippen molar-refractivity contribution in [2.24, 2.45) is 0 Å². The van der Waals surface area contributed by atoms with Crippen molar-refractivity contribution in [1.82, 2.24) is 0 Å². The van der Waals surface area contributed by atoms with Crippen molar-refractivity contribution in [3.8, 4) is 0 Å². The first-order valence-corrected chi connectivity index (χ1v) is 6.64. The van der Waals surface area contributed by atoms with Crippen LogP contribution in [0, 0.1) is 6.07 Å². The molecule has 0 aliphatic heterocycles. The molecule has 2 heteroatoms. The Bertz CT molecular complexity index is 453. The first-order valence-electron chi connectivity index (χ1n) is 6.64. The van der Waals surface area contributed by atoms with E-state index in [0.717, 1.165) is 12.8 Å². The van der Waals surface area contributed by atoms with E-state index in [1.807, 2.05) is 6.07 Å². The summed E-state index contributed by atoms with van der Waals surface area (Å²) in [6.45, 7) is 12.2. The van der Waals surface area contributed by atoms with E-state index in [0.29, 0.717) is 12.2 Å². The van der Waals surface area contributed by atoms with Crippen molar-refractivity contribution in [3.63, 3.8) is 0 Å². The topological polar surface area (TPSA) is 26.3 Å². The molecular formula is C17H23O2. The monoisotopic (exact) mass is 259 g/mol. The predicted octanol–water partition coefficient (Wildman–Crippen LogP) is 3.84. The zero-order chi connectivity index (χ0) is 14.5. The summed E-state index contributed by atoms with van der Waals surface area (Å²) in [5.74, 6) is -0.308. The number of esters is 1. The second-order valence-corrected chi connectivity index (χ2v) is 5.85. The molecule has 1 aromatic rings. The molecule has 1 aromatic carbocycles. The summed E-state index contributed by atoms with van der Waals surface area (Å²) in [4.78, 5) is 11.3. The fourth-order valence-electron chi connectivity index (χ4n) is 1.93. The van der Waals surface area contributed by atoms with Gasteiger partial charge in [0, 0.05) is 5.57 Å². The Morgan fingerprint density at radius 2 is 2.11 bits per heavy atom. The zero-order valence-corrected chi connectivity index (χ0v) is 12.4. The molecule has 0 heterocycles. The van der Waals surface area contributed by atoms with E-state index in [1.165, 1.54) is 11.1 Å². The third kappa shape index (κ3) is 4.90. The van der Waals surface area contributed by atoms with Crippen molar-refractivity contribution in [2.45, 2.75) is 46.0 Å². The highest BCUT2D eigenvalue weighted by molar-refractivity contribution is 5.86. The molecule has 0 spiro atoms. The van der Waals surface area contributed by atoms with E-state index in [9.17, 15) is 4.79 Å². The smallest absolute Gasteiger partial charge is 0.333 e. The molecule has 0 fully saturated rings. The van der Waals surface area contributed by atoms with Gasteiger partial charge >= 0.3 is 5.97 Å². The Hall–Kier alpha value is -1.57. The van der Waals surface area contributed by atoms with E-state index in [-0.39, 0.29) is 11.4 Å². The van der Waals surface area contributed by atoms with Gasteiger partial charge in [-0.1, -0.05) is 45.5 Å². The largest absolute Gasteiger partial charge is 0.462 e. The molecule has 1 rings (SSSR count). The highest BCUT2D eigenvalue weighted by atomic mass is 16.5. The van der Waals surface area contributed by atoms with Crippen LogP contribution in [0.5, 0.6) is 0 Å². The number of carbonyl (C=O) groups is 1. The molecule has 0 aliphatic carbocycles. The summed E-state index contributed by atoms with van der Waals surface area (Å²) in [5, 5.41) is 0. The second-order valence-electron chi connectivity index (χ2n) is 5.85. The summed E-state index contributed by atoms with van der Waals surface area (Å²) in [7, 11) is 0. The molecule has 0 amide bonds.